The second-order valence-electron chi connectivity index (χ2n) is 9.62. The van der Waals surface area contributed by atoms with Gasteiger partial charge in [-0.05, 0) is 105 Å². The molecule has 2 unspecified atom stereocenters. The van der Waals surface area contributed by atoms with E-state index in [-0.39, 0.29) is 30.4 Å². The Bertz CT molecular complexity index is 1520. The third-order valence-electron chi connectivity index (χ3n) is 7.01. The number of carbonyl (C=O) groups excluding carboxylic acids is 1. The summed E-state index contributed by atoms with van der Waals surface area (Å²) in [6.07, 6.45) is 1.78. The van der Waals surface area contributed by atoms with Gasteiger partial charge in [0.25, 0.3) is 0 Å². The molecule has 1 aliphatic rings. The Balaban J connectivity index is 1.60. The fraction of sp³-hybridized carbons (Fsp3) is 0.233. The normalized spacial score (nSPS) is 16.8. The largest absolute Gasteiger partial charge is 0.375 e. The highest BCUT2D eigenvalue weighted by atomic mass is 32.1. The number of carbonyl (C=O) groups is 1. The maximum Gasteiger partial charge on any atom is 0.250 e. The molecule has 0 radical (unpaired) electrons. The van der Waals surface area contributed by atoms with Gasteiger partial charge >= 0.3 is 0 Å². The molecule has 1 amide bonds. The van der Waals surface area contributed by atoms with Crippen molar-refractivity contribution in [3.8, 4) is 5.69 Å². The minimum atomic E-state index is -0.273. The van der Waals surface area contributed by atoms with E-state index in [1.165, 1.54) is 19.2 Å². The van der Waals surface area contributed by atoms with E-state index in [0.717, 1.165) is 39.6 Å². The Hall–Kier alpha value is -4.08. The van der Waals surface area contributed by atoms with E-state index in [1.54, 1.807) is 18.3 Å². The molecule has 0 saturated carbocycles. The van der Waals surface area contributed by atoms with E-state index in [4.69, 9.17) is 17.0 Å². The Morgan fingerprint density at radius 3 is 2.49 bits per heavy atom. The standard InChI is InChI=1S/C30H30FN5O2S/c1-18-15-23(12-13-25(18)33-27(37)17-38-4)36-29(28(34-30(36)39)26-7-5-6-14-32-26)24-16-19(2)35(20(24)3)22-10-8-21(31)9-11-22/h5-16,28-29H,17H2,1-4H3,(H,33,37)(H,34,39). The van der Waals surface area contributed by atoms with Crippen LogP contribution in [0.2, 0.25) is 0 Å². The number of benzene rings is 2. The predicted octanol–water partition coefficient (Wildman–Crippen LogP) is 5.70. The lowest BCUT2D eigenvalue weighted by molar-refractivity contribution is -0.119. The number of pyridine rings is 1. The molecule has 9 heteroatoms. The molecule has 200 valence electrons. The molecule has 2 N–H and O–H groups in total. The minimum absolute atomic E-state index is 0.0151. The molecule has 0 spiro atoms. The highest BCUT2D eigenvalue weighted by Gasteiger charge is 2.42. The number of hydrogen-bond donors (Lipinski definition) is 2. The number of aryl methyl sites for hydroxylation is 2. The smallest absolute Gasteiger partial charge is 0.250 e. The molecule has 4 aromatic rings. The van der Waals surface area contributed by atoms with Crippen LogP contribution in [0.15, 0.2) is 72.9 Å². The van der Waals surface area contributed by atoms with Crippen molar-refractivity contribution in [3.63, 3.8) is 0 Å². The number of methoxy groups -OCH3 is 1. The van der Waals surface area contributed by atoms with Crippen molar-refractivity contribution >= 4 is 34.6 Å². The van der Waals surface area contributed by atoms with Crippen LogP contribution in [0.4, 0.5) is 15.8 Å². The first-order chi connectivity index (χ1) is 18.8. The Kier molecular flexibility index (Phi) is 7.45. The topological polar surface area (TPSA) is 71.4 Å². The molecule has 2 aromatic carbocycles. The second-order valence-corrected chi connectivity index (χ2v) is 10.0. The van der Waals surface area contributed by atoms with Crippen LogP contribution in [0, 0.1) is 26.6 Å². The maximum atomic E-state index is 13.7. The third kappa shape index (κ3) is 5.15. The number of anilines is 2. The van der Waals surface area contributed by atoms with Gasteiger partial charge in [-0.3, -0.25) is 9.78 Å². The third-order valence-corrected chi connectivity index (χ3v) is 7.32. The average Bonchev–Trinajstić information content (AvgIpc) is 3.41. The van der Waals surface area contributed by atoms with E-state index < -0.39 is 0 Å². The first-order valence-electron chi connectivity index (χ1n) is 12.6. The lowest BCUT2D eigenvalue weighted by Gasteiger charge is -2.29. The van der Waals surface area contributed by atoms with Crippen LogP contribution in [-0.2, 0) is 9.53 Å². The Labute approximate surface area is 232 Å². The van der Waals surface area contributed by atoms with E-state index in [0.29, 0.717) is 10.8 Å². The van der Waals surface area contributed by atoms with Gasteiger partial charge in [-0.15, -0.1) is 0 Å². The van der Waals surface area contributed by atoms with E-state index >= 15 is 0 Å². The zero-order valence-electron chi connectivity index (χ0n) is 22.2. The number of hydrogen-bond acceptors (Lipinski definition) is 4. The van der Waals surface area contributed by atoms with Gasteiger partial charge in [-0.2, -0.15) is 0 Å². The summed E-state index contributed by atoms with van der Waals surface area (Å²) in [4.78, 5) is 18.9. The second kappa shape index (κ2) is 11.0. The summed E-state index contributed by atoms with van der Waals surface area (Å²) in [5.74, 6) is -0.488. The fourth-order valence-corrected chi connectivity index (χ4v) is 5.62. The summed E-state index contributed by atoms with van der Waals surface area (Å²) in [6.45, 7) is 6.05. The molecule has 0 bridgehead atoms. The highest BCUT2D eigenvalue weighted by molar-refractivity contribution is 7.80. The van der Waals surface area contributed by atoms with Crippen molar-refractivity contribution in [2.45, 2.75) is 32.9 Å². The first-order valence-corrected chi connectivity index (χ1v) is 13.0. The van der Waals surface area contributed by atoms with E-state index in [1.807, 2.05) is 50.2 Å². The quantitative estimate of drug-likeness (QED) is 0.292. The number of amides is 1. The van der Waals surface area contributed by atoms with Crippen molar-refractivity contribution in [1.82, 2.24) is 14.9 Å². The van der Waals surface area contributed by atoms with Crippen molar-refractivity contribution in [1.29, 1.82) is 0 Å². The summed E-state index contributed by atoms with van der Waals surface area (Å²) in [5, 5.41) is 6.97. The van der Waals surface area contributed by atoms with Crippen molar-refractivity contribution in [3.05, 3.63) is 107 Å². The number of thiocarbonyl (C=S) groups is 1. The van der Waals surface area contributed by atoms with Crippen LogP contribution in [0.3, 0.4) is 0 Å². The van der Waals surface area contributed by atoms with Crippen LogP contribution >= 0.6 is 12.2 Å². The van der Waals surface area contributed by atoms with Gasteiger partial charge in [0.2, 0.25) is 5.91 Å². The zero-order valence-corrected chi connectivity index (χ0v) is 23.1. The number of aromatic nitrogens is 2. The molecule has 5 rings (SSSR count). The molecule has 3 heterocycles. The maximum absolute atomic E-state index is 13.7. The first kappa shape index (κ1) is 26.5. The van der Waals surface area contributed by atoms with Gasteiger partial charge in [0.1, 0.15) is 12.4 Å². The fourth-order valence-electron chi connectivity index (χ4n) is 5.28. The van der Waals surface area contributed by atoms with Gasteiger partial charge < -0.3 is 24.8 Å². The van der Waals surface area contributed by atoms with Gasteiger partial charge in [0.05, 0.1) is 17.8 Å². The van der Waals surface area contributed by atoms with Crippen LogP contribution in [-0.4, -0.2) is 34.3 Å². The lowest BCUT2D eigenvalue weighted by atomic mass is 9.96. The molecule has 1 fully saturated rings. The zero-order chi connectivity index (χ0) is 27.7. The van der Waals surface area contributed by atoms with Gasteiger partial charge in [0.15, 0.2) is 5.11 Å². The van der Waals surface area contributed by atoms with Gasteiger partial charge in [0, 0.05) is 41.8 Å². The highest BCUT2D eigenvalue weighted by Crippen LogP contribution is 2.44. The van der Waals surface area contributed by atoms with Crippen LogP contribution in [0.5, 0.6) is 0 Å². The number of halogens is 1. The Morgan fingerprint density at radius 1 is 1.08 bits per heavy atom. The number of nitrogens with one attached hydrogen (secondary N) is 2. The summed E-state index contributed by atoms with van der Waals surface area (Å²) in [6, 6.07) is 20.0. The molecular formula is C30H30FN5O2S. The number of nitrogens with zero attached hydrogens (tertiary/aromatic N) is 3. The predicted molar refractivity (Wildman–Crippen MR) is 155 cm³/mol. The monoisotopic (exact) mass is 543 g/mol. The molecule has 2 atom stereocenters. The van der Waals surface area contributed by atoms with E-state index in [9.17, 15) is 9.18 Å². The van der Waals surface area contributed by atoms with Gasteiger partial charge in [-0.1, -0.05) is 6.07 Å². The average molecular weight is 544 g/mol. The molecular weight excluding hydrogens is 513 g/mol. The molecule has 1 aliphatic heterocycles. The summed E-state index contributed by atoms with van der Waals surface area (Å²) >= 11 is 5.90. The van der Waals surface area contributed by atoms with Crippen LogP contribution in [0.25, 0.3) is 5.69 Å². The molecule has 7 nitrogen and oxygen atoms in total. The Morgan fingerprint density at radius 2 is 1.82 bits per heavy atom. The molecule has 2 aromatic heterocycles. The minimum Gasteiger partial charge on any atom is -0.375 e. The number of ether oxygens (including phenoxy) is 1. The molecule has 39 heavy (non-hydrogen) atoms. The lowest BCUT2D eigenvalue weighted by Crippen LogP contribution is -2.29. The van der Waals surface area contributed by atoms with Crippen molar-refractivity contribution < 1.29 is 13.9 Å². The van der Waals surface area contributed by atoms with Crippen LogP contribution in [0.1, 0.15) is 40.3 Å². The van der Waals surface area contributed by atoms with Crippen LogP contribution < -0.4 is 15.5 Å². The summed E-state index contributed by atoms with van der Waals surface area (Å²) in [5.41, 5.74) is 7.40. The summed E-state index contributed by atoms with van der Waals surface area (Å²) < 4.78 is 20.7. The molecule has 1 saturated heterocycles. The molecule has 0 aliphatic carbocycles. The van der Waals surface area contributed by atoms with Gasteiger partial charge in [-0.25, -0.2) is 4.39 Å². The summed E-state index contributed by atoms with van der Waals surface area (Å²) in [7, 11) is 1.49. The van der Waals surface area contributed by atoms with Crippen molar-refractivity contribution in [2.24, 2.45) is 0 Å². The number of rotatable bonds is 7. The van der Waals surface area contributed by atoms with E-state index in [2.05, 4.69) is 38.1 Å². The van der Waals surface area contributed by atoms with Crippen molar-refractivity contribution in [2.75, 3.05) is 23.9 Å². The SMILES string of the molecule is COCC(=O)Nc1ccc(N2C(=S)NC(c3ccccn3)C2c2cc(C)n(-c3ccc(F)cc3)c2C)cc1C.